The third-order valence-electron chi connectivity index (χ3n) is 2.18. The Morgan fingerprint density at radius 1 is 1.43 bits per heavy atom. The topological polar surface area (TPSA) is 64.3 Å². The molecule has 1 aromatic rings. The van der Waals surface area contributed by atoms with Gasteiger partial charge in [-0.1, -0.05) is 0 Å². The fraction of sp³-hybridized carbons (Fsp3) is 0.556. The molecule has 0 aliphatic carbocycles. The summed E-state index contributed by atoms with van der Waals surface area (Å²) in [5, 5.41) is 0. The second-order valence-electron chi connectivity index (χ2n) is 3.19. The van der Waals surface area contributed by atoms with E-state index < -0.39 is 0 Å². The van der Waals surface area contributed by atoms with Crippen LogP contribution in [0.25, 0.3) is 0 Å². The normalized spacial score (nSPS) is 15.1. The van der Waals surface area contributed by atoms with E-state index in [-0.39, 0.29) is 0 Å². The molecule has 0 aromatic carbocycles. The van der Waals surface area contributed by atoms with Gasteiger partial charge in [0.25, 0.3) is 0 Å². The number of nitrogens with two attached hydrogens (primary N) is 1. The molecular weight excluding hydrogens is 180 g/mol. The highest BCUT2D eigenvalue weighted by atomic mass is 16.5. The van der Waals surface area contributed by atoms with Crippen LogP contribution in [0.4, 0.5) is 5.82 Å². The van der Waals surface area contributed by atoms with Gasteiger partial charge in [0.15, 0.2) is 0 Å². The van der Waals surface area contributed by atoms with E-state index in [1.807, 2.05) is 6.07 Å². The van der Waals surface area contributed by atoms with E-state index in [0.717, 1.165) is 18.9 Å². The van der Waals surface area contributed by atoms with Crippen LogP contribution < -0.4 is 15.4 Å². The smallest absolute Gasteiger partial charge is 0.218 e. The molecule has 0 atom stereocenters. The first-order valence-electron chi connectivity index (χ1n) is 4.80. The van der Waals surface area contributed by atoms with Crippen molar-refractivity contribution >= 4 is 5.82 Å². The van der Waals surface area contributed by atoms with Gasteiger partial charge in [0.1, 0.15) is 18.8 Å². The Bertz CT molecular complexity index is 301. The molecule has 1 saturated heterocycles. The molecule has 5 heteroatoms. The monoisotopic (exact) mass is 194 g/mol. The van der Waals surface area contributed by atoms with Gasteiger partial charge in [-0.2, -0.15) is 0 Å². The molecule has 0 bridgehead atoms. The molecule has 14 heavy (non-hydrogen) atoms. The second kappa shape index (κ2) is 4.23. The summed E-state index contributed by atoms with van der Waals surface area (Å²) < 4.78 is 5.31. The molecule has 2 rings (SSSR count). The lowest BCUT2D eigenvalue weighted by atomic mass is 10.2. The molecule has 2 N–H and O–H groups in total. The van der Waals surface area contributed by atoms with Gasteiger partial charge in [0.05, 0.1) is 0 Å². The van der Waals surface area contributed by atoms with Gasteiger partial charge in [0.2, 0.25) is 5.88 Å². The molecular formula is C9H14N4O. The van der Waals surface area contributed by atoms with Gasteiger partial charge >= 0.3 is 0 Å². The van der Waals surface area contributed by atoms with Gasteiger partial charge in [-0.05, 0) is 6.42 Å². The summed E-state index contributed by atoms with van der Waals surface area (Å²) in [5.74, 6) is 1.55. The van der Waals surface area contributed by atoms with Crippen molar-refractivity contribution in [2.75, 3.05) is 31.1 Å². The van der Waals surface area contributed by atoms with Crippen LogP contribution in [0.3, 0.4) is 0 Å². The number of rotatable bonds is 4. The van der Waals surface area contributed by atoms with Crippen molar-refractivity contribution in [2.24, 2.45) is 5.73 Å². The first kappa shape index (κ1) is 9.21. The zero-order valence-corrected chi connectivity index (χ0v) is 8.02. The van der Waals surface area contributed by atoms with Gasteiger partial charge < -0.3 is 15.4 Å². The Labute approximate surface area is 82.9 Å². The maximum atomic E-state index is 5.33. The van der Waals surface area contributed by atoms with Crippen LogP contribution in [0.2, 0.25) is 0 Å². The maximum Gasteiger partial charge on any atom is 0.218 e. The highest BCUT2D eigenvalue weighted by Crippen LogP contribution is 2.20. The minimum absolute atomic E-state index is 0.496. The Balaban J connectivity index is 2.02. The predicted octanol–water partition coefficient (Wildman–Crippen LogP) is 0.0242. The molecule has 0 unspecified atom stereocenters. The van der Waals surface area contributed by atoms with E-state index in [2.05, 4.69) is 14.9 Å². The molecule has 76 valence electrons. The van der Waals surface area contributed by atoms with Crippen molar-refractivity contribution in [1.29, 1.82) is 0 Å². The van der Waals surface area contributed by atoms with Crippen molar-refractivity contribution in [3.63, 3.8) is 0 Å². The van der Waals surface area contributed by atoms with E-state index in [9.17, 15) is 0 Å². The lowest BCUT2D eigenvalue weighted by molar-refractivity contribution is 0.315. The van der Waals surface area contributed by atoms with Crippen molar-refractivity contribution in [1.82, 2.24) is 9.97 Å². The second-order valence-corrected chi connectivity index (χ2v) is 3.19. The van der Waals surface area contributed by atoms with E-state index in [1.165, 1.54) is 12.7 Å². The standard InChI is InChI=1S/C9H14N4O/c10-2-5-14-9-6-8(11-7-12-9)13-3-1-4-13/h6-7H,1-5,10H2. The molecule has 5 nitrogen and oxygen atoms in total. The average molecular weight is 194 g/mol. The van der Waals surface area contributed by atoms with E-state index in [0.29, 0.717) is 19.0 Å². The summed E-state index contributed by atoms with van der Waals surface area (Å²) in [6.07, 6.45) is 2.77. The highest BCUT2D eigenvalue weighted by molar-refractivity contribution is 5.42. The van der Waals surface area contributed by atoms with Crippen molar-refractivity contribution in [2.45, 2.75) is 6.42 Å². The van der Waals surface area contributed by atoms with Crippen molar-refractivity contribution in [3.8, 4) is 5.88 Å². The van der Waals surface area contributed by atoms with Crippen LogP contribution in [0.5, 0.6) is 5.88 Å². The molecule has 1 aliphatic heterocycles. The van der Waals surface area contributed by atoms with Crippen LogP contribution in [0, 0.1) is 0 Å². The zero-order chi connectivity index (χ0) is 9.80. The molecule has 0 radical (unpaired) electrons. The van der Waals surface area contributed by atoms with Crippen LogP contribution in [0.15, 0.2) is 12.4 Å². The first-order chi connectivity index (χ1) is 6.90. The summed E-state index contributed by atoms with van der Waals surface area (Å²) >= 11 is 0. The quantitative estimate of drug-likeness (QED) is 0.732. The number of aromatic nitrogens is 2. The van der Waals surface area contributed by atoms with Gasteiger partial charge in [-0.3, -0.25) is 0 Å². The molecule has 0 spiro atoms. The molecule has 1 aliphatic rings. The summed E-state index contributed by atoms with van der Waals surface area (Å²) in [4.78, 5) is 10.4. The highest BCUT2D eigenvalue weighted by Gasteiger charge is 2.16. The fourth-order valence-corrected chi connectivity index (χ4v) is 1.29. The lowest BCUT2D eigenvalue weighted by Crippen LogP contribution is -2.37. The number of nitrogens with zero attached hydrogens (tertiary/aromatic N) is 3. The number of ether oxygens (including phenoxy) is 1. The van der Waals surface area contributed by atoms with Crippen LogP contribution in [-0.4, -0.2) is 36.2 Å². The number of anilines is 1. The van der Waals surface area contributed by atoms with Crippen molar-refractivity contribution in [3.05, 3.63) is 12.4 Å². The number of hydrogen-bond acceptors (Lipinski definition) is 5. The van der Waals surface area contributed by atoms with E-state index in [4.69, 9.17) is 10.5 Å². The van der Waals surface area contributed by atoms with Gasteiger partial charge in [0, 0.05) is 25.7 Å². The third-order valence-corrected chi connectivity index (χ3v) is 2.18. The molecule has 0 amide bonds. The van der Waals surface area contributed by atoms with E-state index >= 15 is 0 Å². The predicted molar refractivity (Wildman–Crippen MR) is 53.4 cm³/mol. The Morgan fingerprint density at radius 3 is 2.93 bits per heavy atom. The van der Waals surface area contributed by atoms with Gasteiger partial charge in [-0.25, -0.2) is 9.97 Å². The van der Waals surface area contributed by atoms with Crippen LogP contribution in [0.1, 0.15) is 6.42 Å². The maximum absolute atomic E-state index is 5.33. The third kappa shape index (κ3) is 1.93. The summed E-state index contributed by atoms with van der Waals surface area (Å²) in [6.45, 7) is 3.15. The first-order valence-corrected chi connectivity index (χ1v) is 4.80. The average Bonchev–Trinajstić information content (AvgIpc) is 2.13. The molecule has 1 aromatic heterocycles. The molecule has 2 heterocycles. The Kier molecular flexibility index (Phi) is 2.78. The Morgan fingerprint density at radius 2 is 2.29 bits per heavy atom. The zero-order valence-electron chi connectivity index (χ0n) is 8.02. The largest absolute Gasteiger partial charge is 0.476 e. The summed E-state index contributed by atoms with van der Waals surface area (Å²) in [5.41, 5.74) is 5.33. The van der Waals surface area contributed by atoms with Crippen molar-refractivity contribution < 1.29 is 4.74 Å². The minimum atomic E-state index is 0.496. The van der Waals surface area contributed by atoms with Crippen LogP contribution in [-0.2, 0) is 0 Å². The fourth-order valence-electron chi connectivity index (χ4n) is 1.29. The van der Waals surface area contributed by atoms with Crippen LogP contribution >= 0.6 is 0 Å². The minimum Gasteiger partial charge on any atom is -0.476 e. The summed E-state index contributed by atoms with van der Waals surface area (Å²) in [7, 11) is 0. The number of hydrogen-bond donors (Lipinski definition) is 1. The van der Waals surface area contributed by atoms with Gasteiger partial charge in [-0.15, -0.1) is 0 Å². The molecule has 1 fully saturated rings. The SMILES string of the molecule is NCCOc1cc(N2CCC2)ncn1. The lowest BCUT2D eigenvalue weighted by Gasteiger charge is -2.31. The van der Waals surface area contributed by atoms with E-state index in [1.54, 1.807) is 0 Å². The molecule has 0 saturated carbocycles. The summed E-state index contributed by atoms with van der Waals surface area (Å²) in [6, 6.07) is 1.86. The Hall–Kier alpha value is -1.36.